The largest absolute Gasteiger partial charge is 0.479 e. The molecule has 0 aliphatic rings. The highest BCUT2D eigenvalue weighted by Gasteiger charge is 2.25. The average molecular weight is 224 g/mol. The molecule has 84 valence electrons. The molecular weight excluding hydrogens is 216 g/mol. The van der Waals surface area contributed by atoms with Gasteiger partial charge in [-0.25, -0.2) is 4.79 Å². The van der Waals surface area contributed by atoms with E-state index < -0.39 is 23.7 Å². The lowest BCUT2D eigenvalue weighted by Crippen LogP contribution is -2.28. The Morgan fingerprint density at radius 3 is 2.62 bits per heavy atom. The van der Waals surface area contributed by atoms with E-state index >= 15 is 0 Å². The van der Waals surface area contributed by atoms with E-state index in [-0.39, 0.29) is 11.1 Å². The summed E-state index contributed by atoms with van der Waals surface area (Å²) in [4.78, 5) is 23.5. The SMILES string of the molecule is N#Cc1cc(C(O)C(O)C(=O)O)c[nH]c1=O. The third-order valence-electron chi connectivity index (χ3n) is 1.94. The van der Waals surface area contributed by atoms with Crippen molar-refractivity contribution in [3.63, 3.8) is 0 Å². The van der Waals surface area contributed by atoms with Crippen molar-refractivity contribution in [2.75, 3.05) is 0 Å². The van der Waals surface area contributed by atoms with Crippen LogP contribution in [0.4, 0.5) is 0 Å². The second kappa shape index (κ2) is 4.57. The van der Waals surface area contributed by atoms with Crippen LogP contribution in [0.1, 0.15) is 17.2 Å². The summed E-state index contributed by atoms with van der Waals surface area (Å²) in [5.41, 5.74) is -0.969. The van der Waals surface area contributed by atoms with E-state index in [1.54, 1.807) is 6.07 Å². The fourth-order valence-corrected chi connectivity index (χ4v) is 1.07. The molecule has 0 aromatic carbocycles. The van der Waals surface area contributed by atoms with Crippen LogP contribution < -0.4 is 5.56 Å². The summed E-state index contributed by atoms with van der Waals surface area (Å²) in [7, 11) is 0. The maximum absolute atomic E-state index is 11.0. The van der Waals surface area contributed by atoms with Crippen molar-refractivity contribution in [1.82, 2.24) is 4.98 Å². The Bertz CT molecular complexity index is 501. The van der Waals surface area contributed by atoms with Crippen molar-refractivity contribution >= 4 is 5.97 Å². The molecule has 1 heterocycles. The number of hydrogen-bond donors (Lipinski definition) is 4. The zero-order valence-corrected chi connectivity index (χ0v) is 7.91. The van der Waals surface area contributed by atoms with Gasteiger partial charge in [0.2, 0.25) is 0 Å². The fourth-order valence-electron chi connectivity index (χ4n) is 1.07. The van der Waals surface area contributed by atoms with Crippen molar-refractivity contribution in [3.05, 3.63) is 33.7 Å². The standard InChI is InChI=1S/C9H8N2O5/c10-2-4-1-5(3-11-8(4)14)6(12)7(13)9(15)16/h1,3,6-7,12-13H,(H,11,14)(H,15,16). The number of aliphatic hydroxyl groups excluding tert-OH is 2. The molecule has 4 N–H and O–H groups in total. The molecule has 0 saturated heterocycles. The Morgan fingerprint density at radius 2 is 2.12 bits per heavy atom. The molecule has 0 aliphatic heterocycles. The van der Waals surface area contributed by atoms with E-state index in [1.165, 1.54) is 0 Å². The van der Waals surface area contributed by atoms with Gasteiger partial charge in [-0.2, -0.15) is 5.26 Å². The van der Waals surface area contributed by atoms with Crippen LogP contribution in [-0.4, -0.2) is 32.4 Å². The van der Waals surface area contributed by atoms with E-state index in [0.717, 1.165) is 12.3 Å². The molecule has 0 amide bonds. The van der Waals surface area contributed by atoms with Gasteiger partial charge in [-0.15, -0.1) is 0 Å². The maximum Gasteiger partial charge on any atom is 0.335 e. The molecule has 1 aromatic heterocycles. The van der Waals surface area contributed by atoms with Crippen molar-refractivity contribution < 1.29 is 20.1 Å². The summed E-state index contributed by atoms with van der Waals surface area (Å²) in [5.74, 6) is -1.60. The first-order valence-corrected chi connectivity index (χ1v) is 4.19. The van der Waals surface area contributed by atoms with Crippen LogP contribution in [0, 0.1) is 11.3 Å². The first kappa shape index (κ1) is 11.9. The number of aliphatic hydroxyl groups is 2. The van der Waals surface area contributed by atoms with E-state index in [2.05, 4.69) is 4.98 Å². The van der Waals surface area contributed by atoms with Crippen molar-refractivity contribution in [2.45, 2.75) is 12.2 Å². The molecule has 0 fully saturated rings. The highest BCUT2D eigenvalue weighted by molar-refractivity contribution is 5.73. The lowest BCUT2D eigenvalue weighted by Gasteiger charge is -2.13. The highest BCUT2D eigenvalue weighted by Crippen LogP contribution is 2.15. The van der Waals surface area contributed by atoms with Crippen LogP contribution in [0.25, 0.3) is 0 Å². The summed E-state index contributed by atoms with van der Waals surface area (Å²) < 4.78 is 0. The fraction of sp³-hybridized carbons (Fsp3) is 0.222. The quantitative estimate of drug-likeness (QED) is 0.505. The van der Waals surface area contributed by atoms with Crippen molar-refractivity contribution in [3.8, 4) is 6.07 Å². The minimum atomic E-state index is -2.02. The number of aromatic nitrogens is 1. The van der Waals surface area contributed by atoms with Crippen molar-refractivity contribution in [1.29, 1.82) is 5.26 Å². The Morgan fingerprint density at radius 1 is 1.50 bits per heavy atom. The van der Waals surface area contributed by atoms with E-state index in [0.29, 0.717) is 0 Å². The number of pyridine rings is 1. The smallest absolute Gasteiger partial charge is 0.335 e. The molecule has 2 unspecified atom stereocenters. The number of nitriles is 1. The second-order valence-corrected chi connectivity index (χ2v) is 3.02. The Hall–Kier alpha value is -2.17. The minimum Gasteiger partial charge on any atom is -0.479 e. The number of carboxylic acid groups (broad SMARTS) is 1. The predicted octanol–water partition coefficient (Wildman–Crippen LogP) is -1.27. The van der Waals surface area contributed by atoms with Crippen LogP contribution in [-0.2, 0) is 4.79 Å². The van der Waals surface area contributed by atoms with E-state index in [9.17, 15) is 14.7 Å². The van der Waals surface area contributed by atoms with Gasteiger partial charge in [0.15, 0.2) is 6.10 Å². The van der Waals surface area contributed by atoms with Gasteiger partial charge in [0, 0.05) is 11.8 Å². The molecule has 2 atom stereocenters. The zero-order valence-electron chi connectivity index (χ0n) is 7.91. The molecular formula is C9H8N2O5. The van der Waals surface area contributed by atoms with Gasteiger partial charge in [-0.05, 0) is 6.07 Å². The lowest BCUT2D eigenvalue weighted by atomic mass is 10.1. The molecule has 16 heavy (non-hydrogen) atoms. The van der Waals surface area contributed by atoms with Crippen molar-refractivity contribution in [2.24, 2.45) is 0 Å². The van der Waals surface area contributed by atoms with Gasteiger partial charge in [-0.3, -0.25) is 4.79 Å². The number of nitrogens with one attached hydrogen (secondary N) is 1. The first-order valence-electron chi connectivity index (χ1n) is 4.19. The molecule has 0 spiro atoms. The lowest BCUT2D eigenvalue weighted by molar-refractivity contribution is -0.153. The van der Waals surface area contributed by atoms with Crippen LogP contribution >= 0.6 is 0 Å². The molecule has 7 nitrogen and oxygen atoms in total. The maximum atomic E-state index is 11.0. The summed E-state index contributed by atoms with van der Waals surface area (Å²) >= 11 is 0. The number of H-pyrrole nitrogens is 1. The molecule has 0 saturated carbocycles. The summed E-state index contributed by atoms with van der Waals surface area (Å²) in [6, 6.07) is 2.60. The molecule has 1 rings (SSSR count). The number of nitrogens with zero attached hydrogens (tertiary/aromatic N) is 1. The summed E-state index contributed by atoms with van der Waals surface area (Å²) in [6.07, 6.45) is -2.68. The third-order valence-corrected chi connectivity index (χ3v) is 1.94. The average Bonchev–Trinajstić information content (AvgIpc) is 2.27. The Balaban J connectivity index is 3.11. The third kappa shape index (κ3) is 2.25. The first-order chi connectivity index (χ1) is 7.47. The van der Waals surface area contributed by atoms with Gasteiger partial charge in [0.05, 0.1) is 0 Å². The van der Waals surface area contributed by atoms with Crippen LogP contribution in [0.2, 0.25) is 0 Å². The van der Waals surface area contributed by atoms with E-state index in [4.69, 9.17) is 15.5 Å². The van der Waals surface area contributed by atoms with Gasteiger partial charge in [-0.1, -0.05) is 0 Å². The summed E-state index contributed by atoms with van der Waals surface area (Å²) in [6.45, 7) is 0. The number of aliphatic carboxylic acids is 1. The number of aromatic amines is 1. The molecule has 0 radical (unpaired) electrons. The normalized spacial score (nSPS) is 13.8. The molecule has 0 bridgehead atoms. The second-order valence-electron chi connectivity index (χ2n) is 3.02. The van der Waals surface area contributed by atoms with Gasteiger partial charge in [0.1, 0.15) is 17.7 Å². The van der Waals surface area contributed by atoms with Crippen LogP contribution in [0.5, 0.6) is 0 Å². The van der Waals surface area contributed by atoms with Gasteiger partial charge in [0.25, 0.3) is 5.56 Å². The predicted molar refractivity (Wildman–Crippen MR) is 50.4 cm³/mol. The molecule has 1 aromatic rings. The summed E-state index contributed by atoms with van der Waals surface area (Å²) in [5, 5.41) is 35.5. The number of carbonyl (C=O) groups is 1. The van der Waals surface area contributed by atoms with Gasteiger partial charge < -0.3 is 20.3 Å². The van der Waals surface area contributed by atoms with Crippen LogP contribution in [0.15, 0.2) is 17.1 Å². The monoisotopic (exact) mass is 224 g/mol. The van der Waals surface area contributed by atoms with E-state index in [1.807, 2.05) is 0 Å². The minimum absolute atomic E-state index is 0.0500. The topological polar surface area (TPSA) is 134 Å². The number of rotatable bonds is 3. The Labute approximate surface area is 89.2 Å². The number of hydrogen-bond acceptors (Lipinski definition) is 5. The number of carboxylic acids is 1. The van der Waals surface area contributed by atoms with Crippen LogP contribution in [0.3, 0.4) is 0 Å². The highest BCUT2D eigenvalue weighted by atomic mass is 16.4. The molecule has 7 heteroatoms. The van der Waals surface area contributed by atoms with Gasteiger partial charge >= 0.3 is 5.97 Å². The zero-order chi connectivity index (χ0) is 12.3. The Kier molecular flexibility index (Phi) is 3.40. The molecule has 0 aliphatic carbocycles.